The molecule has 3 aromatic rings. The molecule has 0 saturated heterocycles. The third-order valence-corrected chi connectivity index (χ3v) is 7.76. The number of rotatable bonds is 6. The zero-order valence-electron chi connectivity index (χ0n) is 24.2. The van der Waals surface area contributed by atoms with Crippen molar-refractivity contribution < 1.29 is 28.6 Å². The molecule has 1 N–H and O–H groups in total. The van der Waals surface area contributed by atoms with Crippen molar-refractivity contribution in [3.05, 3.63) is 98.4 Å². The van der Waals surface area contributed by atoms with Crippen LogP contribution in [0.5, 0.6) is 5.75 Å². The van der Waals surface area contributed by atoms with Crippen LogP contribution >= 0.6 is 0 Å². The van der Waals surface area contributed by atoms with Crippen molar-refractivity contribution in [2.75, 3.05) is 6.61 Å². The lowest BCUT2D eigenvalue weighted by molar-refractivity contribution is -0.160. The van der Waals surface area contributed by atoms with E-state index < -0.39 is 23.5 Å². The van der Waals surface area contributed by atoms with Crippen LogP contribution in [0.4, 0.5) is 4.39 Å². The molecule has 1 amide bonds. The molecule has 2 aliphatic heterocycles. The summed E-state index contributed by atoms with van der Waals surface area (Å²) in [5.74, 6) is -0.901. The van der Waals surface area contributed by atoms with Gasteiger partial charge in [0.25, 0.3) is 5.91 Å². The molecule has 0 radical (unpaired) electrons. The van der Waals surface area contributed by atoms with Crippen molar-refractivity contribution in [1.82, 2.24) is 4.90 Å². The number of carbonyl (C=O) groups is 2. The number of aryl methyl sites for hydroxylation is 1. The van der Waals surface area contributed by atoms with Gasteiger partial charge >= 0.3 is 5.97 Å². The van der Waals surface area contributed by atoms with E-state index in [4.69, 9.17) is 9.47 Å². The lowest BCUT2D eigenvalue weighted by atomic mass is 9.85. The summed E-state index contributed by atoms with van der Waals surface area (Å²) in [6, 6.07) is 11.8. The molecule has 0 aromatic heterocycles. The second kappa shape index (κ2) is 11.1. The van der Waals surface area contributed by atoms with Gasteiger partial charge in [0.05, 0.1) is 12.2 Å². The third kappa shape index (κ3) is 5.91. The molecule has 0 aliphatic carbocycles. The van der Waals surface area contributed by atoms with Crippen LogP contribution in [0.2, 0.25) is 0 Å². The Morgan fingerprint density at radius 3 is 2.46 bits per heavy atom. The number of benzene rings is 3. The zero-order chi connectivity index (χ0) is 29.5. The molecule has 2 heterocycles. The molecule has 6 nitrogen and oxygen atoms in total. The number of aliphatic carboxylic acids is 1. The Kier molecular flexibility index (Phi) is 7.75. The lowest BCUT2D eigenvalue weighted by Crippen LogP contribution is -2.29. The van der Waals surface area contributed by atoms with Crippen molar-refractivity contribution in [2.24, 2.45) is 0 Å². The van der Waals surface area contributed by atoms with Gasteiger partial charge in [0, 0.05) is 24.2 Å². The molecule has 214 valence electrons. The van der Waals surface area contributed by atoms with E-state index in [-0.39, 0.29) is 11.5 Å². The molecule has 3 aromatic carbocycles. The summed E-state index contributed by atoms with van der Waals surface area (Å²) in [4.78, 5) is 27.7. The molecule has 7 heteroatoms. The Bertz CT molecular complexity index is 1550. The molecule has 0 bridgehead atoms. The van der Waals surface area contributed by atoms with E-state index in [0.29, 0.717) is 18.7 Å². The van der Waals surface area contributed by atoms with Gasteiger partial charge in [-0.2, -0.15) is 0 Å². The van der Waals surface area contributed by atoms with Gasteiger partial charge in [-0.1, -0.05) is 24.3 Å². The SMILES string of the molecule is Cc1c(C=Cc2ccc3c(c2)CCCO3)c([C@H](OC(C)(C)C)C(=O)O)c(C)c2c1CN(C(=O)c1cccc(F)c1)C2. The molecule has 0 fully saturated rings. The first kappa shape index (κ1) is 28.6. The smallest absolute Gasteiger partial charge is 0.337 e. The number of nitrogens with zero attached hydrogens (tertiary/aromatic N) is 1. The van der Waals surface area contributed by atoms with Crippen LogP contribution in [0.3, 0.4) is 0 Å². The fourth-order valence-electron chi connectivity index (χ4n) is 5.80. The molecular weight excluding hydrogens is 521 g/mol. The number of carboxylic acids is 1. The predicted octanol–water partition coefficient (Wildman–Crippen LogP) is 7.03. The van der Waals surface area contributed by atoms with Crippen LogP contribution in [-0.2, 0) is 29.0 Å². The van der Waals surface area contributed by atoms with Gasteiger partial charge < -0.3 is 19.5 Å². The monoisotopic (exact) mass is 557 g/mol. The molecule has 0 saturated carbocycles. The molecule has 5 rings (SSSR count). The van der Waals surface area contributed by atoms with Gasteiger partial charge in [-0.25, -0.2) is 9.18 Å². The van der Waals surface area contributed by atoms with Gasteiger partial charge in [0.1, 0.15) is 11.6 Å². The summed E-state index contributed by atoms with van der Waals surface area (Å²) in [7, 11) is 0. The summed E-state index contributed by atoms with van der Waals surface area (Å²) >= 11 is 0. The molecule has 41 heavy (non-hydrogen) atoms. The van der Waals surface area contributed by atoms with Crippen molar-refractivity contribution in [1.29, 1.82) is 0 Å². The summed E-state index contributed by atoms with van der Waals surface area (Å²) in [5.41, 5.74) is 6.66. The number of hydrogen-bond acceptors (Lipinski definition) is 4. The molecular formula is C34H36FNO5. The number of carboxylic acid groups (broad SMARTS) is 1. The van der Waals surface area contributed by atoms with Gasteiger partial charge in [0.15, 0.2) is 6.10 Å². The first-order chi connectivity index (χ1) is 19.4. The minimum absolute atomic E-state index is 0.268. The lowest BCUT2D eigenvalue weighted by Gasteiger charge is -2.29. The minimum Gasteiger partial charge on any atom is -0.493 e. The fourth-order valence-corrected chi connectivity index (χ4v) is 5.80. The van der Waals surface area contributed by atoms with Gasteiger partial charge in [0.2, 0.25) is 0 Å². The van der Waals surface area contributed by atoms with E-state index in [1.54, 1.807) is 11.0 Å². The minimum atomic E-state index is -1.21. The van der Waals surface area contributed by atoms with Crippen LogP contribution < -0.4 is 4.74 Å². The van der Waals surface area contributed by atoms with E-state index in [2.05, 4.69) is 6.07 Å². The average Bonchev–Trinajstić information content (AvgIpc) is 3.38. The maximum atomic E-state index is 13.9. The first-order valence-corrected chi connectivity index (χ1v) is 14.0. The Labute approximate surface area is 240 Å². The van der Waals surface area contributed by atoms with E-state index in [1.165, 1.54) is 18.2 Å². The zero-order valence-corrected chi connectivity index (χ0v) is 24.2. The topological polar surface area (TPSA) is 76.1 Å². The van der Waals surface area contributed by atoms with Crippen molar-refractivity contribution in [3.8, 4) is 5.75 Å². The highest BCUT2D eigenvalue weighted by atomic mass is 19.1. The Hall–Kier alpha value is -3.97. The number of amides is 1. The quantitative estimate of drug-likeness (QED) is 0.329. The maximum Gasteiger partial charge on any atom is 0.337 e. The van der Waals surface area contributed by atoms with Crippen LogP contribution in [0, 0.1) is 19.7 Å². The van der Waals surface area contributed by atoms with Crippen LogP contribution in [0.25, 0.3) is 12.2 Å². The highest BCUT2D eigenvalue weighted by molar-refractivity contribution is 5.95. The average molecular weight is 558 g/mol. The van der Waals surface area contributed by atoms with E-state index >= 15 is 0 Å². The molecule has 0 spiro atoms. The van der Waals surface area contributed by atoms with Crippen LogP contribution in [0.1, 0.15) is 88.2 Å². The normalized spacial score (nSPS) is 15.4. The summed E-state index contributed by atoms with van der Waals surface area (Å²) < 4.78 is 25.8. The number of carbonyl (C=O) groups excluding carboxylic acids is 1. The standard InChI is InChI=1S/C34H36FNO5/c1-20-26(13-11-22-12-14-29-23(16-22)9-7-15-40-29)30(31(33(38)39)41-34(3,4)5)21(2)28-19-36(18-27(20)28)32(37)24-8-6-10-25(35)17-24/h6,8,10-14,16-17,31H,7,9,15,18-19H2,1-5H3,(H,38,39)/t31-/m0/s1. The third-order valence-electron chi connectivity index (χ3n) is 7.76. The van der Waals surface area contributed by atoms with Crippen molar-refractivity contribution in [2.45, 2.75) is 72.3 Å². The Morgan fingerprint density at radius 2 is 1.78 bits per heavy atom. The highest BCUT2D eigenvalue weighted by Crippen LogP contribution is 2.40. The number of ether oxygens (including phenoxy) is 2. The maximum absolute atomic E-state index is 13.9. The number of halogens is 1. The van der Waals surface area contributed by atoms with Crippen LogP contribution in [-0.4, -0.2) is 34.1 Å². The number of hydrogen-bond donors (Lipinski definition) is 1. The predicted molar refractivity (Wildman–Crippen MR) is 156 cm³/mol. The molecule has 0 unspecified atom stereocenters. The van der Waals surface area contributed by atoms with Gasteiger partial charge in [-0.3, -0.25) is 4.79 Å². The Balaban J connectivity index is 1.60. The Morgan fingerprint density at radius 1 is 1.05 bits per heavy atom. The first-order valence-electron chi connectivity index (χ1n) is 14.0. The molecule has 2 aliphatic rings. The van der Waals surface area contributed by atoms with Crippen molar-refractivity contribution in [3.63, 3.8) is 0 Å². The largest absolute Gasteiger partial charge is 0.493 e. The van der Waals surface area contributed by atoms with Crippen LogP contribution in [0.15, 0.2) is 42.5 Å². The summed E-state index contributed by atoms with van der Waals surface area (Å²) in [5, 5.41) is 10.3. The summed E-state index contributed by atoms with van der Waals surface area (Å²) in [6.45, 7) is 10.8. The number of fused-ring (bicyclic) bond motifs is 2. The highest BCUT2D eigenvalue weighted by Gasteiger charge is 2.35. The van der Waals surface area contributed by atoms with Crippen molar-refractivity contribution >= 4 is 24.0 Å². The fraction of sp³-hybridized carbons (Fsp3) is 0.353. The summed E-state index contributed by atoms with van der Waals surface area (Å²) in [6.07, 6.45) is 4.68. The van der Waals surface area contributed by atoms with E-state index in [9.17, 15) is 19.1 Å². The van der Waals surface area contributed by atoms with Gasteiger partial charge in [-0.05, 0) is 117 Å². The second-order valence-electron chi connectivity index (χ2n) is 11.8. The second-order valence-corrected chi connectivity index (χ2v) is 11.8. The molecule has 1 atom stereocenters. The van der Waals surface area contributed by atoms with E-state index in [1.807, 2.05) is 58.9 Å². The van der Waals surface area contributed by atoms with E-state index in [0.717, 1.165) is 64.1 Å². The van der Waals surface area contributed by atoms with Gasteiger partial charge in [-0.15, -0.1) is 0 Å².